The van der Waals surface area contributed by atoms with Crippen LogP contribution in [0.25, 0.3) is 0 Å². The first-order valence-electron chi connectivity index (χ1n) is 8.44. The number of carboxylic acid groups (broad SMARTS) is 1. The average molecular weight is 348 g/mol. The lowest BCUT2D eigenvalue weighted by Crippen LogP contribution is -2.39. The van der Waals surface area contributed by atoms with Crippen LogP contribution < -0.4 is 15.4 Å². The van der Waals surface area contributed by atoms with Gasteiger partial charge in [-0.1, -0.05) is 6.42 Å². The second-order valence-electron chi connectivity index (χ2n) is 6.17. The predicted octanol–water partition coefficient (Wildman–Crippen LogP) is 1.43. The van der Waals surface area contributed by atoms with Crippen molar-refractivity contribution in [1.29, 1.82) is 0 Å². The van der Waals surface area contributed by atoms with E-state index >= 15 is 0 Å². The Balaban J connectivity index is 1.70. The first-order valence-corrected chi connectivity index (χ1v) is 8.44. The minimum Gasteiger partial charge on any atom is -0.497 e. The molecule has 2 atom stereocenters. The van der Waals surface area contributed by atoms with Gasteiger partial charge in [-0.25, -0.2) is 0 Å². The Kier molecular flexibility index (Phi) is 6.80. The fourth-order valence-corrected chi connectivity index (χ4v) is 3.00. The normalized spacial score (nSPS) is 19.7. The van der Waals surface area contributed by atoms with E-state index in [1.54, 1.807) is 31.4 Å². The molecule has 136 valence electrons. The highest BCUT2D eigenvalue weighted by Gasteiger charge is 2.30. The lowest BCUT2D eigenvalue weighted by Gasteiger charge is -2.25. The number of nitrogens with one attached hydrogen (secondary N) is 2. The van der Waals surface area contributed by atoms with Gasteiger partial charge in [-0.15, -0.1) is 0 Å². The van der Waals surface area contributed by atoms with Crippen molar-refractivity contribution >= 4 is 17.8 Å². The number of hydrogen-bond acceptors (Lipinski definition) is 4. The summed E-state index contributed by atoms with van der Waals surface area (Å²) in [6.07, 6.45) is 2.49. The monoisotopic (exact) mass is 348 g/mol. The summed E-state index contributed by atoms with van der Waals surface area (Å²) in [7, 11) is 1.56. The molecule has 1 aliphatic carbocycles. The molecule has 1 fully saturated rings. The van der Waals surface area contributed by atoms with E-state index in [-0.39, 0.29) is 17.7 Å². The summed E-state index contributed by atoms with van der Waals surface area (Å²) in [4.78, 5) is 35.1. The fourth-order valence-electron chi connectivity index (χ4n) is 3.00. The summed E-state index contributed by atoms with van der Waals surface area (Å²) in [6.45, 7) is 0.626. The van der Waals surface area contributed by atoms with E-state index in [1.165, 1.54) is 0 Å². The fraction of sp³-hybridized carbons (Fsp3) is 0.500. The maximum atomic E-state index is 12.1. The number of carbonyl (C=O) groups is 3. The predicted molar refractivity (Wildman–Crippen MR) is 91.4 cm³/mol. The number of amides is 2. The number of carbonyl (C=O) groups excluding carboxylic acids is 2. The summed E-state index contributed by atoms with van der Waals surface area (Å²) in [5.74, 6) is -1.20. The maximum absolute atomic E-state index is 12.1. The van der Waals surface area contributed by atoms with Gasteiger partial charge in [0.2, 0.25) is 5.91 Å². The van der Waals surface area contributed by atoms with Crippen LogP contribution in [0.2, 0.25) is 0 Å². The molecule has 0 bridgehead atoms. The lowest BCUT2D eigenvalue weighted by molar-refractivity contribution is -0.144. The van der Waals surface area contributed by atoms with E-state index in [9.17, 15) is 14.4 Å². The van der Waals surface area contributed by atoms with Gasteiger partial charge in [-0.05, 0) is 43.5 Å². The molecule has 1 aromatic carbocycles. The van der Waals surface area contributed by atoms with Crippen molar-refractivity contribution in [3.63, 3.8) is 0 Å². The molecule has 1 saturated carbocycles. The van der Waals surface area contributed by atoms with Gasteiger partial charge in [0, 0.05) is 24.6 Å². The van der Waals surface area contributed by atoms with Crippen molar-refractivity contribution in [2.45, 2.75) is 25.7 Å². The molecular weight excluding hydrogens is 324 g/mol. The number of carboxylic acids is 1. The van der Waals surface area contributed by atoms with Crippen LogP contribution >= 0.6 is 0 Å². The number of hydrogen-bond donors (Lipinski definition) is 3. The molecule has 3 N–H and O–H groups in total. The minimum atomic E-state index is -0.829. The lowest BCUT2D eigenvalue weighted by atomic mass is 9.81. The average Bonchev–Trinajstić information content (AvgIpc) is 2.65. The van der Waals surface area contributed by atoms with Crippen LogP contribution in [0.1, 0.15) is 36.0 Å². The van der Waals surface area contributed by atoms with Crippen molar-refractivity contribution in [2.75, 3.05) is 20.2 Å². The molecule has 0 heterocycles. The van der Waals surface area contributed by atoms with Gasteiger partial charge in [0.05, 0.1) is 13.0 Å². The van der Waals surface area contributed by atoms with Crippen LogP contribution in [0.3, 0.4) is 0 Å². The van der Waals surface area contributed by atoms with Crippen LogP contribution in [0, 0.1) is 11.8 Å². The molecule has 7 heteroatoms. The Bertz CT molecular complexity index is 614. The number of methoxy groups -OCH3 is 1. The molecule has 2 rings (SSSR count). The van der Waals surface area contributed by atoms with Crippen LogP contribution in [-0.2, 0) is 9.59 Å². The number of aliphatic carboxylic acids is 1. The summed E-state index contributed by atoms with van der Waals surface area (Å²) in [5, 5.41) is 14.6. The van der Waals surface area contributed by atoms with E-state index in [2.05, 4.69) is 10.6 Å². The summed E-state index contributed by atoms with van der Waals surface area (Å²) in [5.41, 5.74) is 0.517. The van der Waals surface area contributed by atoms with Crippen molar-refractivity contribution in [1.82, 2.24) is 10.6 Å². The van der Waals surface area contributed by atoms with Crippen molar-refractivity contribution in [3.8, 4) is 5.75 Å². The first-order chi connectivity index (χ1) is 12.0. The largest absolute Gasteiger partial charge is 0.497 e. The third kappa shape index (κ3) is 5.48. The highest BCUT2D eigenvalue weighted by atomic mass is 16.5. The van der Waals surface area contributed by atoms with Crippen molar-refractivity contribution < 1.29 is 24.2 Å². The van der Waals surface area contributed by atoms with E-state index in [0.717, 1.165) is 6.42 Å². The Morgan fingerprint density at radius 2 is 1.72 bits per heavy atom. The summed E-state index contributed by atoms with van der Waals surface area (Å²) >= 11 is 0. The Hall–Kier alpha value is -2.57. The second kappa shape index (κ2) is 9.05. The number of benzene rings is 1. The molecule has 0 aromatic heterocycles. The van der Waals surface area contributed by atoms with Gasteiger partial charge in [-0.2, -0.15) is 0 Å². The molecule has 0 saturated heterocycles. The molecule has 0 spiro atoms. The third-order valence-electron chi connectivity index (χ3n) is 4.46. The number of ether oxygens (including phenoxy) is 1. The van der Waals surface area contributed by atoms with Crippen LogP contribution in [0.15, 0.2) is 24.3 Å². The molecule has 0 aliphatic heterocycles. The molecule has 2 unspecified atom stereocenters. The molecule has 2 amide bonds. The highest BCUT2D eigenvalue weighted by Crippen LogP contribution is 2.29. The standard InChI is InChI=1S/C18H24N2O5/c1-25-15-7-5-12(6-8-15)16(21)19-9-10-20-17(22)13-3-2-4-14(11-13)18(23)24/h5-8,13-14H,2-4,9-11H2,1H3,(H,19,21)(H,20,22)(H,23,24). The maximum Gasteiger partial charge on any atom is 0.306 e. The number of rotatable bonds is 7. The molecule has 1 aromatic rings. The topological polar surface area (TPSA) is 105 Å². The Labute approximate surface area is 146 Å². The quantitative estimate of drug-likeness (QED) is 0.647. The zero-order valence-corrected chi connectivity index (χ0v) is 14.3. The smallest absolute Gasteiger partial charge is 0.306 e. The molecule has 7 nitrogen and oxygen atoms in total. The second-order valence-corrected chi connectivity index (χ2v) is 6.17. The highest BCUT2D eigenvalue weighted by molar-refractivity contribution is 5.94. The molecule has 1 aliphatic rings. The van der Waals surface area contributed by atoms with Crippen molar-refractivity contribution in [2.24, 2.45) is 11.8 Å². The minimum absolute atomic E-state index is 0.135. The Morgan fingerprint density at radius 3 is 2.36 bits per heavy atom. The Morgan fingerprint density at radius 1 is 1.08 bits per heavy atom. The van der Waals surface area contributed by atoms with Crippen LogP contribution in [-0.4, -0.2) is 43.1 Å². The van der Waals surface area contributed by atoms with E-state index < -0.39 is 11.9 Å². The molecular formula is C18H24N2O5. The van der Waals surface area contributed by atoms with Gasteiger partial charge >= 0.3 is 5.97 Å². The van der Waals surface area contributed by atoms with Crippen LogP contribution in [0.5, 0.6) is 5.75 Å². The summed E-state index contributed by atoms with van der Waals surface area (Å²) < 4.78 is 5.04. The van der Waals surface area contributed by atoms with Gasteiger partial charge in [0.15, 0.2) is 0 Å². The van der Waals surface area contributed by atoms with E-state index in [1.807, 2.05) is 0 Å². The van der Waals surface area contributed by atoms with Gasteiger partial charge in [0.1, 0.15) is 5.75 Å². The zero-order chi connectivity index (χ0) is 18.2. The SMILES string of the molecule is COc1ccc(C(=O)NCCNC(=O)C2CCCC(C(=O)O)C2)cc1. The van der Waals surface area contributed by atoms with Gasteiger partial charge < -0.3 is 20.5 Å². The van der Waals surface area contributed by atoms with Gasteiger partial charge in [0.25, 0.3) is 5.91 Å². The van der Waals surface area contributed by atoms with Gasteiger partial charge in [-0.3, -0.25) is 14.4 Å². The van der Waals surface area contributed by atoms with E-state index in [0.29, 0.717) is 43.7 Å². The van der Waals surface area contributed by atoms with Crippen molar-refractivity contribution in [3.05, 3.63) is 29.8 Å². The third-order valence-corrected chi connectivity index (χ3v) is 4.46. The van der Waals surface area contributed by atoms with E-state index in [4.69, 9.17) is 9.84 Å². The summed E-state index contributed by atoms with van der Waals surface area (Å²) in [6, 6.07) is 6.75. The molecule has 25 heavy (non-hydrogen) atoms. The zero-order valence-electron chi connectivity index (χ0n) is 14.3. The molecule has 0 radical (unpaired) electrons. The first kappa shape index (κ1) is 18.8. The van der Waals surface area contributed by atoms with Crippen LogP contribution in [0.4, 0.5) is 0 Å².